The Morgan fingerprint density at radius 3 is 2.25 bits per heavy atom. The van der Waals surface area contributed by atoms with Gasteiger partial charge in [0.05, 0.1) is 16.9 Å². The summed E-state index contributed by atoms with van der Waals surface area (Å²) in [7, 11) is 0. The van der Waals surface area contributed by atoms with E-state index in [1.165, 1.54) is 17.0 Å². The van der Waals surface area contributed by atoms with E-state index in [1.54, 1.807) is 6.07 Å². The number of hydrogen-bond acceptors (Lipinski definition) is 1. The molecule has 40 heavy (non-hydrogen) atoms. The number of aromatic nitrogens is 2. The van der Waals surface area contributed by atoms with E-state index in [0.717, 1.165) is 60.9 Å². The number of aryl methyl sites for hydroxylation is 1. The summed E-state index contributed by atoms with van der Waals surface area (Å²) in [4.78, 5) is 0. The highest BCUT2D eigenvalue weighted by Crippen LogP contribution is 2.40. The molecule has 0 radical (unpaired) electrons. The summed E-state index contributed by atoms with van der Waals surface area (Å²) in [5.74, 6) is -0.263. The van der Waals surface area contributed by atoms with Crippen molar-refractivity contribution >= 4 is 38.7 Å². The summed E-state index contributed by atoms with van der Waals surface area (Å²) in [6, 6.07) is 40.7. The SMILES string of the molecule is C/C(=C\c1ccccc1C)c1nn2c(-c3ccccc3)cc3ccc(F)cc3c2c1-c1ccc2ccccc2c1. The van der Waals surface area contributed by atoms with Crippen LogP contribution in [0.1, 0.15) is 23.7 Å². The normalized spacial score (nSPS) is 12.0. The third-order valence-corrected chi connectivity index (χ3v) is 7.72. The lowest BCUT2D eigenvalue weighted by molar-refractivity contribution is 0.630. The van der Waals surface area contributed by atoms with Gasteiger partial charge in [-0.2, -0.15) is 5.10 Å². The number of pyridine rings is 1. The molecule has 2 heterocycles. The Bertz CT molecular complexity index is 2080. The van der Waals surface area contributed by atoms with Crippen LogP contribution in [-0.2, 0) is 0 Å². The Balaban J connectivity index is 1.63. The average molecular weight is 519 g/mol. The van der Waals surface area contributed by atoms with Gasteiger partial charge >= 0.3 is 0 Å². The average Bonchev–Trinajstić information content (AvgIpc) is 3.39. The largest absolute Gasteiger partial charge is 0.231 e. The Morgan fingerprint density at radius 2 is 1.43 bits per heavy atom. The molecule has 0 saturated carbocycles. The molecule has 0 N–H and O–H groups in total. The molecule has 192 valence electrons. The van der Waals surface area contributed by atoms with Crippen LogP contribution in [0, 0.1) is 12.7 Å². The highest BCUT2D eigenvalue weighted by atomic mass is 19.1. The molecule has 0 aliphatic heterocycles. The summed E-state index contributed by atoms with van der Waals surface area (Å²) >= 11 is 0. The minimum Gasteiger partial charge on any atom is -0.231 e. The molecule has 7 aromatic rings. The van der Waals surface area contributed by atoms with E-state index >= 15 is 0 Å². The van der Waals surface area contributed by atoms with Gasteiger partial charge in [0.25, 0.3) is 0 Å². The van der Waals surface area contributed by atoms with Crippen molar-refractivity contribution in [2.24, 2.45) is 0 Å². The van der Waals surface area contributed by atoms with Gasteiger partial charge in [0, 0.05) is 16.5 Å². The minimum absolute atomic E-state index is 0.263. The van der Waals surface area contributed by atoms with Crippen LogP contribution in [0.3, 0.4) is 0 Å². The summed E-state index contributed by atoms with van der Waals surface area (Å²) in [6.07, 6.45) is 2.20. The van der Waals surface area contributed by atoms with Crippen LogP contribution in [0.15, 0.2) is 121 Å². The second-order valence-corrected chi connectivity index (χ2v) is 10.4. The van der Waals surface area contributed by atoms with Crippen LogP contribution in [0.5, 0.6) is 0 Å². The van der Waals surface area contributed by atoms with Crippen molar-refractivity contribution < 1.29 is 4.39 Å². The first-order valence-electron chi connectivity index (χ1n) is 13.5. The Hall–Kier alpha value is -5.02. The highest BCUT2D eigenvalue weighted by Gasteiger charge is 2.22. The van der Waals surface area contributed by atoms with Crippen molar-refractivity contribution in [3.63, 3.8) is 0 Å². The number of allylic oxidation sites excluding steroid dienone is 1. The number of fused-ring (bicyclic) bond motifs is 4. The molecule has 7 rings (SSSR count). The van der Waals surface area contributed by atoms with Crippen molar-refractivity contribution in [1.29, 1.82) is 0 Å². The van der Waals surface area contributed by atoms with Crippen molar-refractivity contribution in [2.75, 3.05) is 0 Å². The summed E-state index contributed by atoms with van der Waals surface area (Å²) in [5.41, 5.74) is 9.26. The Labute approximate surface area is 232 Å². The summed E-state index contributed by atoms with van der Waals surface area (Å²) in [6.45, 7) is 4.24. The van der Waals surface area contributed by atoms with E-state index < -0.39 is 0 Å². The molecule has 0 bridgehead atoms. The number of hydrogen-bond donors (Lipinski definition) is 0. The molecule has 2 aromatic heterocycles. The zero-order valence-electron chi connectivity index (χ0n) is 22.4. The monoisotopic (exact) mass is 518 g/mol. The molecule has 3 heteroatoms. The topological polar surface area (TPSA) is 17.3 Å². The van der Waals surface area contributed by atoms with E-state index in [-0.39, 0.29) is 5.82 Å². The fourth-order valence-corrected chi connectivity index (χ4v) is 5.67. The smallest absolute Gasteiger partial charge is 0.123 e. The lowest BCUT2D eigenvalue weighted by Crippen LogP contribution is -1.96. The highest BCUT2D eigenvalue weighted by molar-refractivity contribution is 6.09. The molecular weight excluding hydrogens is 491 g/mol. The minimum atomic E-state index is -0.263. The first-order valence-corrected chi connectivity index (χ1v) is 13.5. The molecule has 0 amide bonds. The van der Waals surface area contributed by atoms with Crippen LogP contribution in [0.25, 0.3) is 61.1 Å². The number of rotatable bonds is 4. The molecule has 0 unspecified atom stereocenters. The third-order valence-electron chi connectivity index (χ3n) is 7.72. The zero-order valence-corrected chi connectivity index (χ0v) is 22.4. The number of nitrogens with zero attached hydrogens (tertiary/aromatic N) is 2. The molecule has 5 aromatic carbocycles. The van der Waals surface area contributed by atoms with Gasteiger partial charge in [0.2, 0.25) is 0 Å². The standard InChI is InChI=1S/C37H27FN2/c1-24-10-6-7-14-28(24)20-25(2)36-35(31-17-16-26-11-8-9-15-29(26)21-31)37-33-23-32(38)19-18-30(33)22-34(40(37)39-36)27-12-4-3-5-13-27/h3-23H,1-2H3/b25-20+. The lowest BCUT2D eigenvalue weighted by Gasteiger charge is -2.11. The Morgan fingerprint density at radius 1 is 0.700 bits per heavy atom. The third kappa shape index (κ3) is 4.07. The quantitative estimate of drug-likeness (QED) is 0.227. The van der Waals surface area contributed by atoms with Gasteiger partial charge in [-0.1, -0.05) is 97.1 Å². The van der Waals surface area contributed by atoms with Gasteiger partial charge in [-0.05, 0) is 82.6 Å². The van der Waals surface area contributed by atoms with E-state index in [1.807, 2.05) is 28.8 Å². The van der Waals surface area contributed by atoms with Gasteiger partial charge in [-0.3, -0.25) is 0 Å². The molecule has 0 atom stereocenters. The second kappa shape index (κ2) is 9.62. The van der Waals surface area contributed by atoms with E-state index in [9.17, 15) is 4.39 Å². The van der Waals surface area contributed by atoms with Crippen LogP contribution in [-0.4, -0.2) is 9.61 Å². The van der Waals surface area contributed by atoms with Gasteiger partial charge in [-0.25, -0.2) is 8.91 Å². The van der Waals surface area contributed by atoms with Crippen LogP contribution >= 0.6 is 0 Å². The molecule has 2 nitrogen and oxygen atoms in total. The molecule has 0 aliphatic rings. The van der Waals surface area contributed by atoms with Crippen LogP contribution in [0.2, 0.25) is 0 Å². The maximum Gasteiger partial charge on any atom is 0.123 e. The van der Waals surface area contributed by atoms with Crippen molar-refractivity contribution in [2.45, 2.75) is 13.8 Å². The molecule has 0 saturated heterocycles. The second-order valence-electron chi connectivity index (χ2n) is 10.4. The van der Waals surface area contributed by atoms with Gasteiger partial charge in [-0.15, -0.1) is 0 Å². The van der Waals surface area contributed by atoms with Crippen molar-refractivity contribution in [3.05, 3.63) is 144 Å². The first kappa shape index (κ1) is 24.1. The molecular formula is C37H27FN2. The summed E-state index contributed by atoms with van der Waals surface area (Å²) < 4.78 is 16.8. The zero-order chi connectivity index (χ0) is 27.2. The van der Waals surface area contributed by atoms with E-state index in [0.29, 0.717) is 0 Å². The summed E-state index contributed by atoms with van der Waals surface area (Å²) in [5, 5.41) is 9.42. The first-order chi connectivity index (χ1) is 19.6. The van der Waals surface area contributed by atoms with Crippen LogP contribution in [0.4, 0.5) is 4.39 Å². The fourth-order valence-electron chi connectivity index (χ4n) is 5.67. The van der Waals surface area contributed by atoms with Crippen LogP contribution < -0.4 is 0 Å². The predicted octanol–water partition coefficient (Wildman–Crippen LogP) is 9.98. The van der Waals surface area contributed by atoms with Crippen molar-refractivity contribution in [1.82, 2.24) is 9.61 Å². The maximum absolute atomic E-state index is 14.8. The van der Waals surface area contributed by atoms with Gasteiger partial charge in [0.15, 0.2) is 0 Å². The van der Waals surface area contributed by atoms with Gasteiger partial charge < -0.3 is 0 Å². The molecule has 0 spiro atoms. The number of benzene rings is 5. The Kier molecular flexibility index (Phi) is 5.78. The fraction of sp³-hybridized carbons (Fsp3) is 0.0541. The predicted molar refractivity (Wildman–Crippen MR) is 166 cm³/mol. The van der Waals surface area contributed by atoms with E-state index in [2.05, 4.69) is 105 Å². The molecule has 0 fully saturated rings. The molecule has 0 aliphatic carbocycles. The lowest BCUT2D eigenvalue weighted by atomic mass is 9.94. The van der Waals surface area contributed by atoms with Gasteiger partial charge in [0.1, 0.15) is 5.82 Å². The number of halogens is 1. The van der Waals surface area contributed by atoms with E-state index in [4.69, 9.17) is 5.10 Å². The maximum atomic E-state index is 14.8. The van der Waals surface area contributed by atoms with Crippen molar-refractivity contribution in [3.8, 4) is 22.4 Å².